The SMILES string of the molecule is Cc1nc(-c2ccc(C(F)(F)F)cc2)sc1CC(=O)Nc1cccc(OCCN(C(C)C)C(C)C)c1. The van der Waals surface area contributed by atoms with E-state index in [0.29, 0.717) is 46.4 Å². The molecule has 1 aromatic heterocycles. The average molecular weight is 520 g/mol. The van der Waals surface area contributed by atoms with E-state index in [9.17, 15) is 18.0 Å². The number of halogens is 3. The first kappa shape index (κ1) is 27.7. The summed E-state index contributed by atoms with van der Waals surface area (Å²) in [6.07, 6.45) is -4.27. The van der Waals surface area contributed by atoms with Crippen molar-refractivity contribution in [2.24, 2.45) is 0 Å². The van der Waals surface area contributed by atoms with Crippen LogP contribution in [0.1, 0.15) is 43.8 Å². The minimum absolute atomic E-state index is 0.118. The second kappa shape index (κ2) is 11.9. The topological polar surface area (TPSA) is 54.5 Å². The Morgan fingerprint density at radius 2 is 1.75 bits per heavy atom. The lowest BCUT2D eigenvalue weighted by Crippen LogP contribution is -2.39. The summed E-state index contributed by atoms with van der Waals surface area (Å²) in [5, 5.41) is 3.47. The highest BCUT2D eigenvalue weighted by molar-refractivity contribution is 7.15. The highest BCUT2D eigenvalue weighted by Crippen LogP contribution is 2.33. The smallest absolute Gasteiger partial charge is 0.416 e. The van der Waals surface area contributed by atoms with Crippen molar-refractivity contribution in [1.82, 2.24) is 9.88 Å². The summed E-state index contributed by atoms with van der Waals surface area (Å²) >= 11 is 1.30. The van der Waals surface area contributed by atoms with Gasteiger partial charge in [-0.3, -0.25) is 9.69 Å². The second-order valence-corrected chi connectivity index (χ2v) is 10.2. The molecule has 1 heterocycles. The van der Waals surface area contributed by atoms with Gasteiger partial charge in [0.05, 0.1) is 17.7 Å². The van der Waals surface area contributed by atoms with Crippen molar-refractivity contribution in [3.8, 4) is 16.3 Å². The van der Waals surface area contributed by atoms with Gasteiger partial charge in [0.25, 0.3) is 0 Å². The Kier molecular flexibility index (Phi) is 9.13. The minimum atomic E-state index is -4.38. The standard InChI is InChI=1S/C27H32F3N3O2S/c1-17(2)33(18(3)4)13-14-35-23-8-6-7-22(15-23)32-25(34)16-24-19(5)31-26(36-24)20-9-11-21(12-10-20)27(28,29)30/h6-12,15,17-18H,13-14,16H2,1-5H3,(H,32,34). The van der Waals surface area contributed by atoms with E-state index in [1.165, 1.54) is 23.5 Å². The number of carbonyl (C=O) groups is 1. The van der Waals surface area contributed by atoms with Crippen LogP contribution in [0.5, 0.6) is 5.75 Å². The van der Waals surface area contributed by atoms with Gasteiger partial charge in [-0.15, -0.1) is 11.3 Å². The molecule has 0 unspecified atom stereocenters. The van der Waals surface area contributed by atoms with Crippen LogP contribution in [0.15, 0.2) is 48.5 Å². The van der Waals surface area contributed by atoms with Gasteiger partial charge in [-0.25, -0.2) is 4.98 Å². The average Bonchev–Trinajstić information content (AvgIpc) is 3.16. The van der Waals surface area contributed by atoms with Gasteiger partial charge in [0.1, 0.15) is 17.4 Å². The lowest BCUT2D eigenvalue weighted by molar-refractivity contribution is -0.137. The number of amides is 1. The number of rotatable bonds is 10. The Morgan fingerprint density at radius 3 is 2.36 bits per heavy atom. The molecule has 1 amide bonds. The molecule has 9 heteroatoms. The molecule has 0 radical (unpaired) electrons. The maximum absolute atomic E-state index is 12.8. The van der Waals surface area contributed by atoms with Crippen LogP contribution in [-0.2, 0) is 17.4 Å². The van der Waals surface area contributed by atoms with Crippen LogP contribution >= 0.6 is 11.3 Å². The fraction of sp³-hybridized carbons (Fsp3) is 0.407. The first-order valence-corrected chi connectivity index (χ1v) is 12.7. The predicted molar refractivity (Wildman–Crippen MR) is 139 cm³/mol. The molecule has 0 spiro atoms. The second-order valence-electron chi connectivity index (χ2n) is 9.13. The molecular weight excluding hydrogens is 487 g/mol. The number of hydrogen-bond donors (Lipinski definition) is 1. The molecule has 0 bridgehead atoms. The number of nitrogens with one attached hydrogen (secondary N) is 1. The summed E-state index contributed by atoms with van der Waals surface area (Å²) in [4.78, 5) is 20.3. The number of benzene rings is 2. The molecule has 5 nitrogen and oxygen atoms in total. The van der Waals surface area contributed by atoms with Crippen molar-refractivity contribution >= 4 is 22.9 Å². The molecule has 194 valence electrons. The van der Waals surface area contributed by atoms with E-state index in [1.807, 2.05) is 12.1 Å². The van der Waals surface area contributed by atoms with Gasteiger partial charge >= 0.3 is 6.18 Å². The van der Waals surface area contributed by atoms with Gasteiger partial charge < -0.3 is 10.1 Å². The molecule has 0 saturated heterocycles. The summed E-state index contributed by atoms with van der Waals surface area (Å²) in [6.45, 7) is 11.8. The molecule has 1 N–H and O–H groups in total. The predicted octanol–water partition coefficient (Wildman–Crippen LogP) is 6.82. The van der Waals surface area contributed by atoms with Crippen LogP contribution in [0.3, 0.4) is 0 Å². The van der Waals surface area contributed by atoms with Crippen molar-refractivity contribution in [2.45, 2.75) is 59.3 Å². The Labute approximate surface area is 214 Å². The Morgan fingerprint density at radius 1 is 1.08 bits per heavy atom. The van der Waals surface area contributed by atoms with E-state index >= 15 is 0 Å². The van der Waals surface area contributed by atoms with Crippen LogP contribution in [0.2, 0.25) is 0 Å². The fourth-order valence-corrected chi connectivity index (χ4v) is 4.98. The third-order valence-corrected chi connectivity index (χ3v) is 6.94. The lowest BCUT2D eigenvalue weighted by Gasteiger charge is -2.30. The van der Waals surface area contributed by atoms with Gasteiger partial charge in [-0.1, -0.05) is 18.2 Å². The third kappa shape index (κ3) is 7.54. The molecule has 0 aliphatic heterocycles. The quantitative estimate of drug-likeness (QED) is 0.320. The first-order valence-electron chi connectivity index (χ1n) is 11.9. The summed E-state index contributed by atoms with van der Waals surface area (Å²) in [5.74, 6) is 0.475. The summed E-state index contributed by atoms with van der Waals surface area (Å²) in [7, 11) is 0. The number of alkyl halides is 3. The number of ether oxygens (including phenoxy) is 1. The zero-order valence-electron chi connectivity index (χ0n) is 21.1. The largest absolute Gasteiger partial charge is 0.492 e. The van der Waals surface area contributed by atoms with Gasteiger partial charge in [-0.05, 0) is 58.9 Å². The Balaban J connectivity index is 1.59. The highest BCUT2D eigenvalue weighted by Gasteiger charge is 2.30. The molecule has 36 heavy (non-hydrogen) atoms. The molecule has 0 aliphatic rings. The van der Waals surface area contributed by atoms with Crippen LogP contribution in [0, 0.1) is 6.92 Å². The van der Waals surface area contributed by atoms with E-state index in [-0.39, 0.29) is 12.3 Å². The van der Waals surface area contributed by atoms with Crippen molar-refractivity contribution in [3.05, 3.63) is 64.7 Å². The van der Waals surface area contributed by atoms with Crippen molar-refractivity contribution in [2.75, 3.05) is 18.5 Å². The fourth-order valence-electron chi connectivity index (χ4n) is 3.91. The maximum atomic E-state index is 12.8. The zero-order chi connectivity index (χ0) is 26.5. The molecule has 0 saturated carbocycles. The molecule has 3 rings (SSSR count). The number of aryl methyl sites for hydroxylation is 1. The summed E-state index contributed by atoms with van der Waals surface area (Å²) in [6, 6.07) is 13.0. The number of aromatic nitrogens is 1. The van der Waals surface area contributed by atoms with Gasteiger partial charge in [0.2, 0.25) is 5.91 Å². The molecular formula is C27H32F3N3O2S. The molecule has 0 fully saturated rings. The molecule has 0 atom stereocenters. The van der Waals surface area contributed by atoms with E-state index in [2.05, 4.69) is 42.9 Å². The minimum Gasteiger partial charge on any atom is -0.492 e. The molecule has 0 aliphatic carbocycles. The summed E-state index contributed by atoms with van der Waals surface area (Å²) in [5.41, 5.74) is 1.19. The number of hydrogen-bond acceptors (Lipinski definition) is 5. The highest BCUT2D eigenvalue weighted by atomic mass is 32.1. The summed E-state index contributed by atoms with van der Waals surface area (Å²) < 4.78 is 44.4. The van der Waals surface area contributed by atoms with Crippen molar-refractivity contribution in [3.63, 3.8) is 0 Å². The Bertz CT molecular complexity index is 1150. The normalized spacial score (nSPS) is 12.0. The van der Waals surface area contributed by atoms with Gasteiger partial charge in [0.15, 0.2) is 0 Å². The third-order valence-electron chi connectivity index (χ3n) is 5.74. The number of carbonyl (C=O) groups excluding carboxylic acids is 1. The van der Waals surface area contributed by atoms with E-state index < -0.39 is 11.7 Å². The zero-order valence-corrected chi connectivity index (χ0v) is 22.0. The van der Waals surface area contributed by atoms with Gasteiger partial charge in [-0.2, -0.15) is 13.2 Å². The first-order chi connectivity index (χ1) is 16.9. The van der Waals surface area contributed by atoms with Crippen molar-refractivity contribution < 1.29 is 22.7 Å². The van der Waals surface area contributed by atoms with Crippen LogP contribution in [-0.4, -0.2) is 41.0 Å². The van der Waals surface area contributed by atoms with E-state index in [1.54, 1.807) is 19.1 Å². The maximum Gasteiger partial charge on any atom is 0.416 e. The number of anilines is 1. The van der Waals surface area contributed by atoms with Crippen molar-refractivity contribution in [1.29, 1.82) is 0 Å². The van der Waals surface area contributed by atoms with Crippen LogP contribution < -0.4 is 10.1 Å². The van der Waals surface area contributed by atoms with E-state index in [4.69, 9.17) is 4.74 Å². The van der Waals surface area contributed by atoms with Gasteiger partial charge in [0, 0.05) is 40.8 Å². The number of nitrogens with zero attached hydrogens (tertiary/aromatic N) is 2. The molecule has 2 aromatic carbocycles. The number of thiazole rings is 1. The lowest BCUT2D eigenvalue weighted by atomic mass is 10.1. The van der Waals surface area contributed by atoms with Crippen LogP contribution in [0.4, 0.5) is 18.9 Å². The molecule has 3 aromatic rings. The van der Waals surface area contributed by atoms with E-state index in [0.717, 1.165) is 23.6 Å². The Hall–Kier alpha value is -2.91. The van der Waals surface area contributed by atoms with Crippen LogP contribution in [0.25, 0.3) is 10.6 Å². The monoisotopic (exact) mass is 519 g/mol.